The smallest absolute Gasteiger partial charge is 0.326 e. The molecule has 2 aromatic rings. The van der Waals surface area contributed by atoms with Gasteiger partial charge in [-0.15, -0.1) is 0 Å². The minimum atomic E-state index is -1.25. The molecule has 2 rings (SSSR count). The zero-order chi connectivity index (χ0) is 18.4. The van der Waals surface area contributed by atoms with E-state index in [1.165, 1.54) is 6.07 Å². The van der Waals surface area contributed by atoms with E-state index in [0.717, 1.165) is 12.1 Å². The number of nitrogens with one attached hydrogen (secondary N) is 1. The monoisotopic (exact) mass is 344 g/mol. The molecule has 5 nitrogen and oxygen atoms in total. The van der Waals surface area contributed by atoms with E-state index >= 15 is 0 Å². The molecule has 2 N–H and O–H groups in total. The molecule has 0 fully saturated rings. The van der Waals surface area contributed by atoms with Gasteiger partial charge in [-0.2, -0.15) is 5.26 Å². The summed E-state index contributed by atoms with van der Waals surface area (Å²) in [6.45, 7) is 0. The van der Waals surface area contributed by atoms with Crippen molar-refractivity contribution in [2.24, 2.45) is 0 Å². The first-order valence-electron chi connectivity index (χ1n) is 7.34. The predicted molar refractivity (Wildman–Crippen MR) is 84.5 cm³/mol. The van der Waals surface area contributed by atoms with E-state index in [-0.39, 0.29) is 12.0 Å². The topological polar surface area (TPSA) is 90.2 Å². The number of halogens is 2. The van der Waals surface area contributed by atoms with Crippen molar-refractivity contribution in [3.63, 3.8) is 0 Å². The number of carbonyl (C=O) groups is 2. The van der Waals surface area contributed by atoms with Gasteiger partial charge in [0.1, 0.15) is 17.7 Å². The van der Waals surface area contributed by atoms with E-state index < -0.39 is 36.0 Å². The summed E-state index contributed by atoms with van der Waals surface area (Å²) >= 11 is 0. The van der Waals surface area contributed by atoms with Crippen molar-refractivity contribution < 1.29 is 23.5 Å². The molecule has 0 aliphatic heterocycles. The average Bonchev–Trinajstić information content (AvgIpc) is 2.57. The predicted octanol–water partition coefficient (Wildman–Crippen LogP) is 2.19. The van der Waals surface area contributed by atoms with Crippen LogP contribution in [0.15, 0.2) is 42.5 Å². The quantitative estimate of drug-likeness (QED) is 0.840. The lowest BCUT2D eigenvalue weighted by Crippen LogP contribution is -2.43. The average molecular weight is 344 g/mol. The van der Waals surface area contributed by atoms with Crippen LogP contribution in [0, 0.1) is 23.0 Å². The Bertz CT molecular complexity index is 846. The van der Waals surface area contributed by atoms with Crippen LogP contribution in [0.1, 0.15) is 16.7 Å². The summed E-state index contributed by atoms with van der Waals surface area (Å²) in [6, 6.07) is 9.89. The van der Waals surface area contributed by atoms with E-state index in [9.17, 15) is 23.5 Å². The number of carboxylic acid groups (broad SMARTS) is 1. The molecule has 0 aliphatic carbocycles. The number of carboxylic acids is 1. The lowest BCUT2D eigenvalue weighted by molar-refractivity contribution is -0.141. The summed E-state index contributed by atoms with van der Waals surface area (Å²) in [5.41, 5.74) is 0.913. The Hall–Kier alpha value is -3.27. The summed E-state index contributed by atoms with van der Waals surface area (Å²) in [5, 5.41) is 20.4. The van der Waals surface area contributed by atoms with Gasteiger partial charge in [-0.3, -0.25) is 4.79 Å². The number of rotatable bonds is 6. The third-order valence-corrected chi connectivity index (χ3v) is 3.50. The molecular weight excluding hydrogens is 330 g/mol. The molecule has 128 valence electrons. The fraction of sp³-hybridized carbons (Fsp3) is 0.167. The van der Waals surface area contributed by atoms with Gasteiger partial charge >= 0.3 is 5.97 Å². The molecule has 0 unspecified atom stereocenters. The first kappa shape index (κ1) is 18.1. The number of aliphatic carboxylic acids is 1. The Morgan fingerprint density at radius 2 is 1.96 bits per heavy atom. The molecule has 0 bridgehead atoms. The molecule has 25 heavy (non-hydrogen) atoms. The van der Waals surface area contributed by atoms with E-state index in [1.54, 1.807) is 18.2 Å². The lowest BCUT2D eigenvalue weighted by atomic mass is 10.0. The van der Waals surface area contributed by atoms with Crippen LogP contribution in [-0.2, 0) is 22.4 Å². The third kappa shape index (κ3) is 5.11. The minimum absolute atomic E-state index is 0.0253. The largest absolute Gasteiger partial charge is 0.480 e. The van der Waals surface area contributed by atoms with Crippen LogP contribution in [0.4, 0.5) is 8.78 Å². The van der Waals surface area contributed by atoms with Crippen molar-refractivity contribution in [3.8, 4) is 6.07 Å². The number of nitrogens with zero attached hydrogens (tertiary/aromatic N) is 1. The maximum Gasteiger partial charge on any atom is 0.326 e. The maximum absolute atomic E-state index is 13.6. The number of nitriles is 1. The van der Waals surface area contributed by atoms with Gasteiger partial charge < -0.3 is 10.4 Å². The Morgan fingerprint density at radius 3 is 2.60 bits per heavy atom. The fourth-order valence-electron chi connectivity index (χ4n) is 2.29. The zero-order valence-corrected chi connectivity index (χ0v) is 13.0. The number of benzene rings is 2. The molecular formula is C18H14F2N2O3. The molecule has 0 spiro atoms. The van der Waals surface area contributed by atoms with Crippen LogP contribution in [0.25, 0.3) is 0 Å². The molecule has 2 aromatic carbocycles. The SMILES string of the molecule is N#Cc1cccc(C[C@H](NC(=O)Cc2ccc(F)cc2F)C(=O)O)c1. The van der Waals surface area contributed by atoms with Crippen molar-refractivity contribution in [3.05, 3.63) is 70.8 Å². The zero-order valence-electron chi connectivity index (χ0n) is 13.0. The highest BCUT2D eigenvalue weighted by atomic mass is 19.1. The Morgan fingerprint density at radius 1 is 1.20 bits per heavy atom. The van der Waals surface area contributed by atoms with Gasteiger partial charge in [0.25, 0.3) is 0 Å². The van der Waals surface area contributed by atoms with Crippen molar-refractivity contribution in [1.29, 1.82) is 5.26 Å². The fourth-order valence-corrected chi connectivity index (χ4v) is 2.29. The lowest BCUT2D eigenvalue weighted by Gasteiger charge is -2.15. The van der Waals surface area contributed by atoms with E-state index in [2.05, 4.69) is 5.32 Å². The molecule has 1 atom stereocenters. The van der Waals surface area contributed by atoms with E-state index in [0.29, 0.717) is 17.2 Å². The molecule has 1 amide bonds. The number of carbonyl (C=O) groups excluding carboxylic acids is 1. The van der Waals surface area contributed by atoms with Gasteiger partial charge in [-0.05, 0) is 29.3 Å². The highest BCUT2D eigenvalue weighted by Crippen LogP contribution is 2.11. The summed E-state index contributed by atoms with van der Waals surface area (Å²) in [7, 11) is 0. The van der Waals surface area contributed by atoms with Crippen LogP contribution in [0.5, 0.6) is 0 Å². The minimum Gasteiger partial charge on any atom is -0.480 e. The molecule has 0 aromatic heterocycles. The van der Waals surface area contributed by atoms with Crippen molar-refractivity contribution in [2.45, 2.75) is 18.9 Å². The number of hydrogen-bond donors (Lipinski definition) is 2. The normalized spacial score (nSPS) is 11.4. The molecule has 0 saturated carbocycles. The number of hydrogen-bond acceptors (Lipinski definition) is 3. The Labute approximate surface area is 142 Å². The second-order valence-corrected chi connectivity index (χ2v) is 5.39. The van der Waals surface area contributed by atoms with Crippen molar-refractivity contribution in [1.82, 2.24) is 5.32 Å². The molecule has 0 heterocycles. The summed E-state index contributed by atoms with van der Waals surface area (Å²) in [4.78, 5) is 23.3. The van der Waals surface area contributed by atoms with Crippen molar-refractivity contribution >= 4 is 11.9 Å². The Balaban J connectivity index is 2.06. The maximum atomic E-state index is 13.6. The molecule has 0 aliphatic rings. The van der Waals surface area contributed by atoms with Crippen molar-refractivity contribution in [2.75, 3.05) is 0 Å². The third-order valence-electron chi connectivity index (χ3n) is 3.50. The van der Waals surface area contributed by atoms with Crippen LogP contribution >= 0.6 is 0 Å². The summed E-state index contributed by atoms with van der Waals surface area (Å²) in [6.07, 6.45) is -0.434. The Kier molecular flexibility index (Phi) is 5.79. The highest BCUT2D eigenvalue weighted by molar-refractivity contribution is 5.85. The summed E-state index contributed by atoms with van der Waals surface area (Å²) < 4.78 is 26.4. The second kappa shape index (κ2) is 8.02. The standard InChI is InChI=1S/C18H14F2N2O3/c19-14-5-4-13(15(20)9-14)8-17(23)22-16(18(24)25)7-11-2-1-3-12(6-11)10-21/h1-6,9,16H,7-8H2,(H,22,23)(H,24,25)/t16-/m0/s1. The van der Waals surface area contributed by atoms with Gasteiger partial charge in [0.2, 0.25) is 5.91 Å². The van der Waals surface area contributed by atoms with Crippen LogP contribution in [0.3, 0.4) is 0 Å². The summed E-state index contributed by atoms with van der Waals surface area (Å²) in [5.74, 6) is -3.59. The first-order chi connectivity index (χ1) is 11.9. The van der Waals surface area contributed by atoms with Gasteiger partial charge in [0, 0.05) is 12.5 Å². The van der Waals surface area contributed by atoms with E-state index in [1.807, 2.05) is 6.07 Å². The number of amides is 1. The van der Waals surface area contributed by atoms with Crippen LogP contribution < -0.4 is 5.32 Å². The van der Waals surface area contributed by atoms with Crippen LogP contribution in [0.2, 0.25) is 0 Å². The van der Waals surface area contributed by atoms with Gasteiger partial charge in [0.05, 0.1) is 18.1 Å². The van der Waals surface area contributed by atoms with E-state index in [4.69, 9.17) is 5.26 Å². The van der Waals surface area contributed by atoms with Gasteiger partial charge in [-0.1, -0.05) is 18.2 Å². The van der Waals surface area contributed by atoms with Gasteiger partial charge in [0.15, 0.2) is 0 Å². The van der Waals surface area contributed by atoms with Gasteiger partial charge in [-0.25, -0.2) is 13.6 Å². The first-order valence-corrected chi connectivity index (χ1v) is 7.34. The molecule has 0 radical (unpaired) electrons. The molecule has 7 heteroatoms. The highest BCUT2D eigenvalue weighted by Gasteiger charge is 2.21. The molecule has 0 saturated heterocycles. The van der Waals surface area contributed by atoms with Crippen LogP contribution in [-0.4, -0.2) is 23.0 Å². The second-order valence-electron chi connectivity index (χ2n) is 5.39.